The first-order valence-corrected chi connectivity index (χ1v) is 13.7. The van der Waals surface area contributed by atoms with Gasteiger partial charge in [0.25, 0.3) is 5.91 Å². The van der Waals surface area contributed by atoms with E-state index in [9.17, 15) is 22.8 Å². The number of hydrogen-bond donors (Lipinski definition) is 2. The van der Waals surface area contributed by atoms with Crippen LogP contribution in [0, 0.1) is 0 Å². The minimum Gasteiger partial charge on any atom is -0.481 e. The van der Waals surface area contributed by atoms with Crippen molar-refractivity contribution in [2.24, 2.45) is 0 Å². The molecule has 5 aromatic rings. The Hall–Kier alpha value is -4.76. The van der Waals surface area contributed by atoms with Gasteiger partial charge in [-0.25, -0.2) is 9.97 Å². The monoisotopic (exact) mass is 603 g/mol. The van der Waals surface area contributed by atoms with Crippen LogP contribution in [0.1, 0.15) is 38.8 Å². The second-order valence-electron chi connectivity index (χ2n) is 9.98. The van der Waals surface area contributed by atoms with Crippen LogP contribution in [0.2, 0.25) is 5.02 Å². The maximum absolute atomic E-state index is 13.9. The maximum atomic E-state index is 13.9. The van der Waals surface area contributed by atoms with Crippen molar-refractivity contribution in [2.45, 2.75) is 31.5 Å². The predicted molar refractivity (Wildman–Crippen MR) is 158 cm³/mol. The highest BCUT2D eigenvalue weighted by atomic mass is 35.5. The molecule has 0 radical (unpaired) electrons. The van der Waals surface area contributed by atoms with Crippen LogP contribution in [-0.4, -0.2) is 33.1 Å². The average molecular weight is 604 g/mol. The van der Waals surface area contributed by atoms with Gasteiger partial charge < -0.3 is 10.4 Å². The number of carboxylic acid groups (broad SMARTS) is 1. The van der Waals surface area contributed by atoms with E-state index in [2.05, 4.69) is 5.32 Å². The van der Waals surface area contributed by atoms with Crippen molar-refractivity contribution >= 4 is 34.5 Å². The number of alkyl halides is 3. The Morgan fingerprint density at radius 3 is 2.23 bits per heavy atom. The fourth-order valence-corrected chi connectivity index (χ4v) is 4.92. The minimum atomic E-state index is -4.70. The summed E-state index contributed by atoms with van der Waals surface area (Å²) in [6.45, 7) is 0. The molecule has 1 heterocycles. The third kappa shape index (κ3) is 7.37. The molecule has 1 atom stereocenters. The maximum Gasteiger partial charge on any atom is 0.412 e. The number of carboxylic acids is 1. The van der Waals surface area contributed by atoms with Gasteiger partial charge in [-0.2, -0.15) is 13.2 Å². The van der Waals surface area contributed by atoms with Gasteiger partial charge in [0.2, 0.25) is 0 Å². The van der Waals surface area contributed by atoms with Gasteiger partial charge in [-0.3, -0.25) is 9.59 Å². The van der Waals surface area contributed by atoms with Crippen molar-refractivity contribution < 1.29 is 27.9 Å². The fourth-order valence-electron chi connectivity index (χ4n) is 4.79. The van der Waals surface area contributed by atoms with Gasteiger partial charge in [0, 0.05) is 16.1 Å². The second kappa shape index (κ2) is 12.6. The zero-order valence-corrected chi connectivity index (χ0v) is 23.4. The number of hydrogen-bond acceptors (Lipinski definition) is 4. The number of fused-ring (bicyclic) bond motifs is 1. The van der Waals surface area contributed by atoms with E-state index < -0.39 is 24.1 Å². The predicted octanol–water partition coefficient (Wildman–Crippen LogP) is 7.40. The van der Waals surface area contributed by atoms with E-state index in [1.54, 1.807) is 36.4 Å². The van der Waals surface area contributed by atoms with E-state index in [1.165, 1.54) is 36.4 Å². The lowest BCUT2D eigenvalue weighted by Gasteiger charge is -2.22. The fraction of sp³-hybridized carbons (Fsp3) is 0.152. The van der Waals surface area contributed by atoms with Crippen LogP contribution in [0.4, 0.5) is 13.2 Å². The summed E-state index contributed by atoms with van der Waals surface area (Å²) in [6, 6.07) is 23.8. The Balaban J connectivity index is 1.48. The van der Waals surface area contributed by atoms with Gasteiger partial charge in [0.1, 0.15) is 0 Å². The van der Waals surface area contributed by atoms with Crippen LogP contribution < -0.4 is 5.32 Å². The molecule has 1 aromatic heterocycles. The number of amides is 1. The van der Waals surface area contributed by atoms with Gasteiger partial charge >= 0.3 is 12.1 Å². The number of aliphatic carboxylic acids is 1. The van der Waals surface area contributed by atoms with Crippen LogP contribution in [0.3, 0.4) is 0 Å². The Kier molecular flexibility index (Phi) is 8.73. The first-order chi connectivity index (χ1) is 20.6. The van der Waals surface area contributed by atoms with Crippen LogP contribution in [-0.2, 0) is 24.1 Å². The Labute approximate surface area is 250 Å². The van der Waals surface area contributed by atoms with Gasteiger partial charge in [0.15, 0.2) is 6.04 Å². The molecule has 0 aliphatic rings. The first kappa shape index (κ1) is 29.7. The summed E-state index contributed by atoms with van der Waals surface area (Å²) in [5.41, 5.74) is 4.31. The molecule has 0 aliphatic heterocycles. The third-order valence-electron chi connectivity index (χ3n) is 6.85. The van der Waals surface area contributed by atoms with Crippen molar-refractivity contribution in [3.63, 3.8) is 0 Å². The largest absolute Gasteiger partial charge is 0.481 e. The first-order valence-electron chi connectivity index (χ1n) is 13.4. The topological polar surface area (TPSA) is 92.2 Å². The molecule has 218 valence electrons. The lowest BCUT2D eigenvalue weighted by atomic mass is 10.0. The molecule has 4 aromatic carbocycles. The zero-order chi connectivity index (χ0) is 30.6. The molecule has 0 unspecified atom stereocenters. The molecule has 0 bridgehead atoms. The molecule has 0 aliphatic carbocycles. The Bertz CT molecular complexity index is 1780. The molecule has 0 saturated heterocycles. The van der Waals surface area contributed by atoms with E-state index in [0.717, 1.165) is 11.1 Å². The molecule has 1 amide bonds. The molecule has 43 heavy (non-hydrogen) atoms. The van der Waals surface area contributed by atoms with Crippen LogP contribution in [0.25, 0.3) is 22.3 Å². The normalized spacial score (nSPS) is 12.2. The van der Waals surface area contributed by atoms with Crippen LogP contribution >= 0.6 is 11.6 Å². The number of aromatic nitrogens is 2. The molecule has 6 nitrogen and oxygen atoms in total. The summed E-state index contributed by atoms with van der Waals surface area (Å²) in [5.74, 6) is -1.82. The second-order valence-corrected chi connectivity index (χ2v) is 10.4. The lowest BCUT2D eigenvalue weighted by Crippen LogP contribution is -2.38. The number of halogens is 4. The van der Waals surface area contributed by atoms with E-state index in [1.807, 2.05) is 24.3 Å². The van der Waals surface area contributed by atoms with Crippen molar-refractivity contribution in [3.05, 3.63) is 130 Å². The average Bonchev–Trinajstić information content (AvgIpc) is 2.98. The van der Waals surface area contributed by atoms with E-state index in [-0.39, 0.29) is 17.5 Å². The summed E-state index contributed by atoms with van der Waals surface area (Å²) >= 11 is 6.09. The molecule has 0 spiro atoms. The van der Waals surface area contributed by atoms with E-state index in [4.69, 9.17) is 26.7 Å². The number of nitrogens with zero attached hydrogens (tertiary/aromatic N) is 2. The molecular formula is C33H25ClF3N3O3. The quantitative estimate of drug-likeness (QED) is 0.183. The summed E-state index contributed by atoms with van der Waals surface area (Å²) < 4.78 is 41.6. The third-order valence-corrected chi connectivity index (χ3v) is 7.10. The lowest BCUT2D eigenvalue weighted by molar-refractivity contribution is -0.155. The Morgan fingerprint density at radius 2 is 1.53 bits per heavy atom. The number of aryl methyl sites for hydroxylation is 2. The summed E-state index contributed by atoms with van der Waals surface area (Å²) in [6.07, 6.45) is -3.84. The molecule has 0 saturated carbocycles. The number of carbonyl (C=O) groups excluding carboxylic acids is 1. The summed E-state index contributed by atoms with van der Waals surface area (Å²) in [7, 11) is 0. The van der Waals surface area contributed by atoms with Crippen LogP contribution in [0.15, 0.2) is 97.1 Å². The van der Waals surface area contributed by atoms with Gasteiger partial charge in [0.05, 0.1) is 28.8 Å². The van der Waals surface area contributed by atoms with Crippen LogP contribution in [0.5, 0.6) is 0 Å². The molecular weight excluding hydrogens is 579 g/mol. The molecule has 5 rings (SSSR count). The van der Waals surface area contributed by atoms with E-state index in [0.29, 0.717) is 45.8 Å². The highest BCUT2D eigenvalue weighted by Crippen LogP contribution is 2.33. The number of nitrogens with one attached hydrogen (secondary N) is 1. The Morgan fingerprint density at radius 1 is 0.814 bits per heavy atom. The van der Waals surface area contributed by atoms with Gasteiger partial charge in [-0.1, -0.05) is 78.3 Å². The number of benzene rings is 4. The standard InChI is InChI=1S/C33H25ClF3N3O3/c34-25-13-10-22(11-14-25)30-27(15-9-20-5-4-6-21(17-20)18-29(41)42)38-28-19-24(12-16-26(28)39-30)32(43)40-31(33(35,36)37)23-7-2-1-3-8-23/h1-8,10-14,16-17,19,31H,9,15,18H2,(H,40,43)(H,41,42)/t31-/m0/s1. The molecule has 2 N–H and O–H groups in total. The van der Waals surface area contributed by atoms with Crippen molar-refractivity contribution in [1.82, 2.24) is 15.3 Å². The van der Waals surface area contributed by atoms with Crippen molar-refractivity contribution in [2.75, 3.05) is 0 Å². The summed E-state index contributed by atoms with van der Waals surface area (Å²) in [4.78, 5) is 33.8. The highest BCUT2D eigenvalue weighted by Gasteiger charge is 2.42. The smallest absolute Gasteiger partial charge is 0.412 e. The summed E-state index contributed by atoms with van der Waals surface area (Å²) in [5, 5.41) is 11.8. The van der Waals surface area contributed by atoms with Gasteiger partial charge in [-0.05, 0) is 59.9 Å². The SMILES string of the molecule is O=C(O)Cc1cccc(CCc2nc3cc(C(=O)N[C@@H](c4ccccc4)C(F)(F)F)ccc3nc2-c2ccc(Cl)cc2)c1. The molecule has 0 fully saturated rings. The number of carbonyl (C=O) groups is 2. The van der Waals surface area contributed by atoms with Crippen molar-refractivity contribution in [3.8, 4) is 11.3 Å². The zero-order valence-electron chi connectivity index (χ0n) is 22.6. The van der Waals surface area contributed by atoms with E-state index >= 15 is 0 Å². The molecule has 10 heteroatoms. The highest BCUT2D eigenvalue weighted by molar-refractivity contribution is 6.30. The minimum absolute atomic E-state index is 0.0125. The number of rotatable bonds is 9. The van der Waals surface area contributed by atoms with Crippen molar-refractivity contribution in [1.29, 1.82) is 0 Å². The van der Waals surface area contributed by atoms with Gasteiger partial charge in [-0.15, -0.1) is 0 Å².